The fourth-order valence-electron chi connectivity index (χ4n) is 2.22. The molecule has 1 saturated carbocycles. The second-order valence-electron chi connectivity index (χ2n) is 5.04. The van der Waals surface area contributed by atoms with Gasteiger partial charge in [0.2, 0.25) is 5.91 Å². The number of halogens is 2. The summed E-state index contributed by atoms with van der Waals surface area (Å²) in [5, 5.41) is 2.65. The second-order valence-corrected chi connectivity index (χ2v) is 5.90. The highest BCUT2D eigenvalue weighted by Gasteiger charge is 2.30. The van der Waals surface area contributed by atoms with E-state index in [1.807, 2.05) is 11.8 Å². The van der Waals surface area contributed by atoms with Crippen molar-refractivity contribution in [3.63, 3.8) is 0 Å². The monoisotopic (exact) mass is 356 g/mol. The summed E-state index contributed by atoms with van der Waals surface area (Å²) in [4.78, 5) is 25.8. The zero-order chi connectivity index (χ0) is 15.4. The summed E-state index contributed by atoms with van der Waals surface area (Å²) in [6.45, 7) is 2.91. The maximum atomic E-state index is 13.1. The van der Waals surface area contributed by atoms with E-state index in [1.165, 1.54) is 18.2 Å². The lowest BCUT2D eigenvalue weighted by atomic mass is 10.2. The first-order valence-electron chi connectivity index (χ1n) is 7.05. The van der Waals surface area contributed by atoms with Crippen LogP contribution in [0.5, 0.6) is 0 Å². The van der Waals surface area contributed by atoms with Gasteiger partial charge in [0.05, 0.1) is 5.56 Å². The summed E-state index contributed by atoms with van der Waals surface area (Å²) >= 11 is 3.21. The summed E-state index contributed by atoms with van der Waals surface area (Å²) in [6, 6.07) is 4.32. The molecule has 0 bridgehead atoms. The molecule has 1 aliphatic rings. The third-order valence-corrected chi connectivity index (χ3v) is 4.14. The van der Waals surface area contributed by atoms with Crippen LogP contribution in [0, 0.1) is 5.82 Å². The Morgan fingerprint density at radius 2 is 2.14 bits per heavy atom. The number of benzene rings is 1. The minimum absolute atomic E-state index is 0.0543. The molecule has 1 fully saturated rings. The van der Waals surface area contributed by atoms with E-state index in [4.69, 9.17) is 0 Å². The van der Waals surface area contributed by atoms with Crippen LogP contribution in [0.3, 0.4) is 0 Å². The summed E-state index contributed by atoms with van der Waals surface area (Å²) in [7, 11) is 0. The number of carbonyl (C=O) groups excluding carboxylic acids is 2. The molecule has 21 heavy (non-hydrogen) atoms. The Morgan fingerprint density at radius 3 is 2.76 bits per heavy atom. The van der Waals surface area contributed by atoms with Gasteiger partial charge < -0.3 is 10.2 Å². The van der Waals surface area contributed by atoms with Gasteiger partial charge in [-0.1, -0.05) is 0 Å². The van der Waals surface area contributed by atoms with Crippen molar-refractivity contribution < 1.29 is 14.0 Å². The molecule has 0 heterocycles. The van der Waals surface area contributed by atoms with E-state index in [0.29, 0.717) is 17.1 Å². The number of hydrogen-bond donors (Lipinski definition) is 1. The molecular formula is C15H18BrFN2O2. The molecule has 0 saturated heterocycles. The molecule has 6 heteroatoms. The number of carbonyl (C=O) groups is 2. The molecule has 2 rings (SSSR count). The topological polar surface area (TPSA) is 49.4 Å². The molecule has 0 aromatic heterocycles. The van der Waals surface area contributed by atoms with Crippen LogP contribution in [0.4, 0.5) is 4.39 Å². The minimum Gasteiger partial charge on any atom is -0.351 e. The summed E-state index contributed by atoms with van der Waals surface area (Å²) in [5.74, 6) is -0.799. The smallest absolute Gasteiger partial charge is 0.252 e. The molecule has 0 aliphatic heterocycles. The molecule has 0 unspecified atom stereocenters. The summed E-state index contributed by atoms with van der Waals surface area (Å²) in [6.07, 6.45) is 2.41. The van der Waals surface area contributed by atoms with Crippen molar-refractivity contribution in [2.75, 3.05) is 13.1 Å². The van der Waals surface area contributed by atoms with Gasteiger partial charge in [0.25, 0.3) is 5.91 Å². The zero-order valence-electron chi connectivity index (χ0n) is 11.9. The van der Waals surface area contributed by atoms with E-state index in [2.05, 4.69) is 21.2 Å². The van der Waals surface area contributed by atoms with Gasteiger partial charge in [-0.05, 0) is 53.9 Å². The van der Waals surface area contributed by atoms with E-state index in [9.17, 15) is 14.0 Å². The van der Waals surface area contributed by atoms with Gasteiger partial charge in [0.1, 0.15) is 5.82 Å². The first kappa shape index (κ1) is 15.9. The summed E-state index contributed by atoms with van der Waals surface area (Å²) < 4.78 is 13.7. The predicted molar refractivity (Wildman–Crippen MR) is 81.5 cm³/mol. The van der Waals surface area contributed by atoms with E-state index < -0.39 is 5.82 Å². The minimum atomic E-state index is -0.467. The normalized spacial score (nSPS) is 13.9. The molecule has 2 amide bonds. The molecular weight excluding hydrogens is 339 g/mol. The van der Waals surface area contributed by atoms with E-state index in [0.717, 1.165) is 12.8 Å². The SMILES string of the molecule is CCN(C(=O)CCNC(=O)c1cc(F)ccc1Br)C1CC1. The number of rotatable bonds is 6. The first-order valence-corrected chi connectivity index (χ1v) is 7.85. The molecule has 1 aliphatic carbocycles. The van der Waals surface area contributed by atoms with Gasteiger partial charge >= 0.3 is 0 Å². The largest absolute Gasteiger partial charge is 0.351 e. The number of nitrogens with zero attached hydrogens (tertiary/aromatic N) is 1. The first-order chi connectivity index (χ1) is 10.0. The van der Waals surface area contributed by atoms with Crippen molar-refractivity contribution in [2.24, 2.45) is 0 Å². The molecule has 0 spiro atoms. The zero-order valence-corrected chi connectivity index (χ0v) is 13.5. The Bertz CT molecular complexity index is 546. The Balaban J connectivity index is 1.84. The molecule has 0 atom stereocenters. The summed E-state index contributed by atoms with van der Waals surface area (Å²) in [5.41, 5.74) is 0.233. The van der Waals surface area contributed by atoms with Crippen LogP contribution in [0.15, 0.2) is 22.7 Å². The van der Waals surface area contributed by atoms with Gasteiger partial charge in [-0.2, -0.15) is 0 Å². The van der Waals surface area contributed by atoms with Crippen molar-refractivity contribution in [3.05, 3.63) is 34.1 Å². The average Bonchev–Trinajstić information content (AvgIpc) is 3.27. The van der Waals surface area contributed by atoms with Crippen molar-refractivity contribution in [2.45, 2.75) is 32.2 Å². The van der Waals surface area contributed by atoms with Gasteiger partial charge in [-0.3, -0.25) is 9.59 Å². The van der Waals surface area contributed by atoms with Crippen LogP contribution < -0.4 is 5.32 Å². The Morgan fingerprint density at radius 1 is 1.43 bits per heavy atom. The van der Waals surface area contributed by atoms with E-state index in [-0.39, 0.29) is 30.3 Å². The quantitative estimate of drug-likeness (QED) is 0.851. The van der Waals surface area contributed by atoms with E-state index in [1.54, 1.807) is 0 Å². The highest BCUT2D eigenvalue weighted by molar-refractivity contribution is 9.10. The maximum Gasteiger partial charge on any atom is 0.252 e. The average molecular weight is 357 g/mol. The van der Waals surface area contributed by atoms with Crippen molar-refractivity contribution >= 4 is 27.7 Å². The maximum absolute atomic E-state index is 13.1. The third kappa shape index (κ3) is 4.27. The predicted octanol–water partition coefficient (Wildman–Crippen LogP) is 2.72. The molecule has 0 radical (unpaired) electrons. The van der Waals surface area contributed by atoms with Crippen LogP contribution in [0.25, 0.3) is 0 Å². The van der Waals surface area contributed by atoms with Crippen molar-refractivity contribution in [1.29, 1.82) is 0 Å². The standard InChI is InChI=1S/C15H18BrFN2O2/c1-2-19(11-4-5-11)14(20)7-8-18-15(21)12-9-10(17)3-6-13(12)16/h3,6,9,11H,2,4-5,7-8H2,1H3,(H,18,21). The van der Waals surface area contributed by atoms with Crippen LogP contribution in [-0.4, -0.2) is 35.8 Å². The van der Waals surface area contributed by atoms with Crippen LogP contribution in [0.1, 0.15) is 36.5 Å². The fourth-order valence-corrected chi connectivity index (χ4v) is 2.64. The van der Waals surface area contributed by atoms with Crippen molar-refractivity contribution in [1.82, 2.24) is 10.2 Å². The number of hydrogen-bond acceptors (Lipinski definition) is 2. The molecule has 4 nitrogen and oxygen atoms in total. The number of amides is 2. The highest BCUT2D eigenvalue weighted by Crippen LogP contribution is 2.26. The molecule has 114 valence electrons. The number of nitrogens with one attached hydrogen (secondary N) is 1. The van der Waals surface area contributed by atoms with E-state index >= 15 is 0 Å². The third-order valence-electron chi connectivity index (χ3n) is 3.45. The lowest BCUT2D eigenvalue weighted by Gasteiger charge is -2.20. The van der Waals surface area contributed by atoms with Crippen molar-refractivity contribution in [3.8, 4) is 0 Å². The fraction of sp³-hybridized carbons (Fsp3) is 0.467. The van der Waals surface area contributed by atoms with Crippen LogP contribution in [0.2, 0.25) is 0 Å². The van der Waals surface area contributed by atoms with Gasteiger partial charge in [-0.15, -0.1) is 0 Å². The van der Waals surface area contributed by atoms with Crippen LogP contribution >= 0.6 is 15.9 Å². The van der Waals surface area contributed by atoms with Gasteiger partial charge in [0, 0.05) is 30.0 Å². The molecule has 1 aromatic carbocycles. The second kappa shape index (κ2) is 7.02. The lowest BCUT2D eigenvalue weighted by molar-refractivity contribution is -0.131. The molecule has 1 aromatic rings. The van der Waals surface area contributed by atoms with Crippen LogP contribution in [-0.2, 0) is 4.79 Å². The Hall–Kier alpha value is -1.43. The van der Waals surface area contributed by atoms with Gasteiger partial charge in [-0.25, -0.2) is 4.39 Å². The lowest BCUT2D eigenvalue weighted by Crippen LogP contribution is -2.36. The highest BCUT2D eigenvalue weighted by atomic mass is 79.9. The Labute approximate surface area is 131 Å². The van der Waals surface area contributed by atoms with Gasteiger partial charge in [0.15, 0.2) is 0 Å². The Kier molecular flexibility index (Phi) is 5.33. The molecule has 1 N–H and O–H groups in total.